The topological polar surface area (TPSA) is 84.2 Å². The fourth-order valence-corrected chi connectivity index (χ4v) is 2.07. The minimum Gasteiger partial charge on any atom is -0.360 e. The van der Waals surface area contributed by atoms with Crippen LogP contribution in [0.4, 0.5) is 11.8 Å². The van der Waals surface area contributed by atoms with Gasteiger partial charge in [0.1, 0.15) is 5.76 Å². The smallest absolute Gasteiger partial charge is 0.260 e. The predicted octanol–water partition coefficient (Wildman–Crippen LogP) is 2.65. The van der Waals surface area contributed by atoms with Crippen molar-refractivity contribution in [1.29, 1.82) is 0 Å². The molecule has 0 aliphatic rings. The lowest BCUT2D eigenvalue weighted by molar-refractivity contribution is 0.102. The average Bonchev–Trinajstić information content (AvgIpc) is 2.92. The molecule has 0 atom stereocenters. The van der Waals surface area contributed by atoms with Gasteiger partial charge in [-0.05, 0) is 19.8 Å². The minimum atomic E-state index is -0.308. The Bertz CT molecular complexity index is 603. The third kappa shape index (κ3) is 4.03. The molecule has 7 heteroatoms. The second-order valence-corrected chi connectivity index (χ2v) is 5.04. The van der Waals surface area contributed by atoms with Gasteiger partial charge in [-0.1, -0.05) is 19.0 Å². The number of aromatic nitrogens is 3. The second kappa shape index (κ2) is 7.53. The summed E-state index contributed by atoms with van der Waals surface area (Å²) in [5.41, 5.74) is 0.386. The van der Waals surface area contributed by atoms with Crippen LogP contribution < -0.4 is 10.2 Å². The quantitative estimate of drug-likeness (QED) is 0.846. The first-order valence-electron chi connectivity index (χ1n) is 7.45. The summed E-state index contributed by atoms with van der Waals surface area (Å²) >= 11 is 0. The number of amides is 1. The van der Waals surface area contributed by atoms with Crippen LogP contribution in [-0.2, 0) is 0 Å². The fraction of sp³-hybridized carbons (Fsp3) is 0.467. The van der Waals surface area contributed by atoms with Crippen LogP contribution in [0.5, 0.6) is 0 Å². The van der Waals surface area contributed by atoms with Crippen molar-refractivity contribution < 1.29 is 9.32 Å². The summed E-state index contributed by atoms with van der Waals surface area (Å²) < 4.78 is 4.90. The number of hydrogen-bond acceptors (Lipinski definition) is 6. The fourth-order valence-electron chi connectivity index (χ4n) is 2.07. The summed E-state index contributed by atoms with van der Waals surface area (Å²) in [5, 5.41) is 6.36. The highest BCUT2D eigenvalue weighted by Crippen LogP contribution is 2.11. The molecule has 0 radical (unpaired) electrons. The van der Waals surface area contributed by atoms with E-state index in [1.807, 2.05) is 0 Å². The maximum absolute atomic E-state index is 12.1. The van der Waals surface area contributed by atoms with Gasteiger partial charge in [0.15, 0.2) is 5.82 Å². The summed E-state index contributed by atoms with van der Waals surface area (Å²) in [5.74, 6) is 1.36. The number of hydrogen-bond donors (Lipinski definition) is 1. The molecule has 2 aromatic heterocycles. The van der Waals surface area contributed by atoms with Gasteiger partial charge in [-0.15, -0.1) is 0 Å². The summed E-state index contributed by atoms with van der Waals surface area (Å²) in [7, 11) is 0. The molecule has 2 rings (SSSR count). The predicted molar refractivity (Wildman–Crippen MR) is 84.0 cm³/mol. The molecule has 1 amide bonds. The van der Waals surface area contributed by atoms with E-state index in [4.69, 9.17) is 4.52 Å². The van der Waals surface area contributed by atoms with Gasteiger partial charge < -0.3 is 14.7 Å². The first kappa shape index (κ1) is 15.9. The molecule has 0 aromatic carbocycles. The average molecular weight is 303 g/mol. The van der Waals surface area contributed by atoms with Gasteiger partial charge in [0.2, 0.25) is 5.95 Å². The Balaban J connectivity index is 2.05. The molecular formula is C15H21N5O2. The van der Waals surface area contributed by atoms with E-state index in [1.165, 1.54) is 12.4 Å². The Kier molecular flexibility index (Phi) is 5.46. The SMILES string of the molecule is CCCN(CCC)c1ncc(C(=O)Nc2cc(C)on2)cn1. The van der Waals surface area contributed by atoms with Crippen LogP contribution in [-0.4, -0.2) is 34.1 Å². The van der Waals surface area contributed by atoms with Gasteiger partial charge in [-0.3, -0.25) is 4.79 Å². The Morgan fingerprint density at radius 2 is 1.86 bits per heavy atom. The molecule has 0 saturated heterocycles. The standard InChI is InChI=1S/C15H21N5O2/c1-4-6-20(7-5-2)15-16-9-12(10-17-15)14(21)18-13-8-11(3)22-19-13/h8-10H,4-7H2,1-3H3,(H,18,19,21). The number of anilines is 2. The van der Waals surface area contributed by atoms with E-state index in [0.29, 0.717) is 23.1 Å². The molecule has 0 aliphatic carbocycles. The highest BCUT2D eigenvalue weighted by Gasteiger charge is 2.12. The highest BCUT2D eigenvalue weighted by atomic mass is 16.5. The zero-order chi connectivity index (χ0) is 15.9. The third-order valence-corrected chi connectivity index (χ3v) is 3.04. The molecule has 0 spiro atoms. The highest BCUT2D eigenvalue weighted by molar-refractivity contribution is 6.03. The number of carbonyl (C=O) groups excluding carboxylic acids is 1. The molecule has 1 N–H and O–H groups in total. The number of rotatable bonds is 7. The van der Waals surface area contributed by atoms with Gasteiger partial charge in [-0.25, -0.2) is 9.97 Å². The van der Waals surface area contributed by atoms with E-state index in [2.05, 4.69) is 39.2 Å². The van der Waals surface area contributed by atoms with Crippen molar-refractivity contribution in [2.75, 3.05) is 23.3 Å². The van der Waals surface area contributed by atoms with Crippen LogP contribution >= 0.6 is 0 Å². The maximum Gasteiger partial charge on any atom is 0.260 e. The van der Waals surface area contributed by atoms with Crippen LogP contribution in [0.2, 0.25) is 0 Å². The van der Waals surface area contributed by atoms with Crippen molar-refractivity contribution in [2.45, 2.75) is 33.6 Å². The van der Waals surface area contributed by atoms with Gasteiger partial charge in [0.25, 0.3) is 5.91 Å². The van der Waals surface area contributed by atoms with Crippen molar-refractivity contribution in [3.8, 4) is 0 Å². The largest absolute Gasteiger partial charge is 0.360 e. The molecule has 0 unspecified atom stereocenters. The van der Waals surface area contributed by atoms with Crippen LogP contribution in [0, 0.1) is 6.92 Å². The van der Waals surface area contributed by atoms with Crippen LogP contribution in [0.1, 0.15) is 42.8 Å². The Morgan fingerprint density at radius 3 is 2.36 bits per heavy atom. The summed E-state index contributed by atoms with van der Waals surface area (Å²) in [6, 6.07) is 1.65. The lowest BCUT2D eigenvalue weighted by Crippen LogP contribution is -2.27. The van der Waals surface area contributed by atoms with E-state index >= 15 is 0 Å². The van der Waals surface area contributed by atoms with Gasteiger partial charge >= 0.3 is 0 Å². The van der Waals surface area contributed by atoms with E-state index < -0.39 is 0 Å². The molecule has 2 aromatic rings. The molecule has 0 aliphatic heterocycles. The zero-order valence-corrected chi connectivity index (χ0v) is 13.2. The van der Waals surface area contributed by atoms with E-state index in [9.17, 15) is 4.79 Å². The van der Waals surface area contributed by atoms with Crippen molar-refractivity contribution in [3.05, 3.63) is 29.8 Å². The monoisotopic (exact) mass is 303 g/mol. The van der Waals surface area contributed by atoms with Crippen LogP contribution in [0.15, 0.2) is 23.0 Å². The maximum atomic E-state index is 12.1. The van der Waals surface area contributed by atoms with Gasteiger partial charge in [0, 0.05) is 31.5 Å². The normalized spacial score (nSPS) is 10.5. The molecule has 0 fully saturated rings. The van der Waals surface area contributed by atoms with Crippen LogP contribution in [0.25, 0.3) is 0 Å². The summed E-state index contributed by atoms with van der Waals surface area (Å²) in [6.45, 7) is 7.79. The second-order valence-electron chi connectivity index (χ2n) is 5.04. The van der Waals surface area contributed by atoms with Crippen molar-refractivity contribution >= 4 is 17.7 Å². The van der Waals surface area contributed by atoms with E-state index in [-0.39, 0.29) is 5.91 Å². The van der Waals surface area contributed by atoms with Crippen molar-refractivity contribution in [2.24, 2.45) is 0 Å². The number of nitrogens with one attached hydrogen (secondary N) is 1. The Labute approximate surface area is 129 Å². The lowest BCUT2D eigenvalue weighted by atomic mass is 10.3. The first-order chi connectivity index (χ1) is 10.6. The van der Waals surface area contributed by atoms with Crippen molar-refractivity contribution in [3.63, 3.8) is 0 Å². The Morgan fingerprint density at radius 1 is 1.23 bits per heavy atom. The zero-order valence-electron chi connectivity index (χ0n) is 13.2. The molecule has 22 heavy (non-hydrogen) atoms. The van der Waals surface area contributed by atoms with Gasteiger partial charge in [-0.2, -0.15) is 0 Å². The number of nitrogens with zero attached hydrogens (tertiary/aromatic N) is 4. The summed E-state index contributed by atoms with van der Waals surface area (Å²) in [6.07, 6.45) is 5.11. The molecule has 0 bridgehead atoms. The van der Waals surface area contributed by atoms with Crippen molar-refractivity contribution in [1.82, 2.24) is 15.1 Å². The molecule has 118 valence electrons. The van der Waals surface area contributed by atoms with E-state index in [0.717, 1.165) is 25.9 Å². The molecular weight excluding hydrogens is 282 g/mol. The lowest BCUT2D eigenvalue weighted by Gasteiger charge is -2.21. The summed E-state index contributed by atoms with van der Waals surface area (Å²) in [4.78, 5) is 22.8. The van der Waals surface area contributed by atoms with E-state index in [1.54, 1.807) is 13.0 Å². The molecule has 0 saturated carbocycles. The van der Waals surface area contributed by atoms with Crippen LogP contribution in [0.3, 0.4) is 0 Å². The molecule has 2 heterocycles. The van der Waals surface area contributed by atoms with Gasteiger partial charge in [0.05, 0.1) is 5.56 Å². The first-order valence-corrected chi connectivity index (χ1v) is 7.45. The molecule has 7 nitrogen and oxygen atoms in total. The third-order valence-electron chi connectivity index (χ3n) is 3.04. The minimum absolute atomic E-state index is 0.308. The number of aryl methyl sites for hydroxylation is 1. The number of carbonyl (C=O) groups is 1. The Hall–Kier alpha value is -2.44.